The number of para-hydroxylation sites is 1. The molecular formula is C19H19N3O3S2. The van der Waals surface area contributed by atoms with Crippen LogP contribution in [-0.2, 0) is 14.6 Å². The molecule has 2 aliphatic rings. The largest absolute Gasteiger partial charge is 0.354 e. The maximum absolute atomic E-state index is 12.1. The van der Waals surface area contributed by atoms with Crippen LogP contribution in [0.1, 0.15) is 18.9 Å². The molecule has 2 aliphatic heterocycles. The van der Waals surface area contributed by atoms with Crippen LogP contribution in [0.25, 0.3) is 0 Å². The number of carbonyl (C=O) groups excluding carboxylic acids is 1. The van der Waals surface area contributed by atoms with Gasteiger partial charge in [0.15, 0.2) is 9.84 Å². The fourth-order valence-electron chi connectivity index (χ4n) is 3.16. The van der Waals surface area contributed by atoms with Crippen LogP contribution < -0.4 is 10.7 Å². The number of sulfone groups is 1. The van der Waals surface area contributed by atoms with Crippen LogP contribution in [-0.4, -0.2) is 31.5 Å². The monoisotopic (exact) mass is 401 g/mol. The van der Waals surface area contributed by atoms with Crippen LogP contribution in [0.3, 0.4) is 0 Å². The molecule has 6 nitrogen and oxygen atoms in total. The summed E-state index contributed by atoms with van der Waals surface area (Å²) in [6.07, 6.45) is 0.363. The van der Waals surface area contributed by atoms with E-state index in [1.165, 1.54) is 4.90 Å². The summed E-state index contributed by atoms with van der Waals surface area (Å²) in [7, 11) is -3.09. The van der Waals surface area contributed by atoms with Crippen molar-refractivity contribution in [1.29, 1.82) is 0 Å². The van der Waals surface area contributed by atoms with E-state index in [0.717, 1.165) is 21.8 Å². The SMILES string of the molecule is C/C(=N/NC(=O)[C@H]1CCS(=O)(=O)C1)c1ccc2c(c1)Nc1ccccc1S2. The summed E-state index contributed by atoms with van der Waals surface area (Å²) in [5.74, 6) is -0.864. The van der Waals surface area contributed by atoms with Gasteiger partial charge < -0.3 is 5.32 Å². The van der Waals surface area contributed by atoms with Crippen molar-refractivity contribution in [2.75, 3.05) is 16.8 Å². The van der Waals surface area contributed by atoms with Gasteiger partial charge in [0, 0.05) is 9.79 Å². The number of hydrazone groups is 1. The average molecular weight is 402 g/mol. The molecule has 1 saturated heterocycles. The molecule has 0 bridgehead atoms. The third-order valence-electron chi connectivity index (χ3n) is 4.71. The minimum Gasteiger partial charge on any atom is -0.354 e. The third kappa shape index (κ3) is 3.86. The lowest BCUT2D eigenvalue weighted by molar-refractivity contribution is -0.124. The Hall–Kier alpha value is -2.32. The normalized spacial score (nSPS) is 20.3. The highest BCUT2D eigenvalue weighted by Crippen LogP contribution is 2.44. The van der Waals surface area contributed by atoms with Crippen molar-refractivity contribution < 1.29 is 13.2 Å². The topological polar surface area (TPSA) is 87.6 Å². The number of carbonyl (C=O) groups is 1. The predicted molar refractivity (Wildman–Crippen MR) is 107 cm³/mol. The lowest BCUT2D eigenvalue weighted by Crippen LogP contribution is -2.28. The highest BCUT2D eigenvalue weighted by Gasteiger charge is 2.32. The van der Waals surface area contributed by atoms with Crippen molar-refractivity contribution in [1.82, 2.24) is 5.43 Å². The molecule has 1 fully saturated rings. The molecule has 0 saturated carbocycles. The van der Waals surface area contributed by atoms with E-state index in [0.29, 0.717) is 12.1 Å². The maximum Gasteiger partial charge on any atom is 0.244 e. The Morgan fingerprint density at radius 1 is 1.19 bits per heavy atom. The van der Waals surface area contributed by atoms with Crippen molar-refractivity contribution in [3.8, 4) is 0 Å². The van der Waals surface area contributed by atoms with Crippen LogP contribution in [0.5, 0.6) is 0 Å². The first-order valence-corrected chi connectivity index (χ1v) is 11.3. The molecular weight excluding hydrogens is 382 g/mol. The van der Waals surface area contributed by atoms with Gasteiger partial charge in [-0.3, -0.25) is 4.79 Å². The van der Waals surface area contributed by atoms with E-state index in [1.54, 1.807) is 11.8 Å². The predicted octanol–water partition coefficient (Wildman–Crippen LogP) is 3.17. The van der Waals surface area contributed by atoms with E-state index in [1.807, 2.05) is 43.3 Å². The minimum absolute atomic E-state index is 0.0728. The molecule has 0 unspecified atom stereocenters. The van der Waals surface area contributed by atoms with Gasteiger partial charge in [-0.05, 0) is 43.2 Å². The molecule has 4 rings (SSSR count). The van der Waals surface area contributed by atoms with Gasteiger partial charge in [0.2, 0.25) is 5.91 Å². The average Bonchev–Trinajstić information content (AvgIpc) is 3.03. The number of hydrogen-bond donors (Lipinski definition) is 2. The van der Waals surface area contributed by atoms with E-state index in [9.17, 15) is 13.2 Å². The third-order valence-corrected chi connectivity index (χ3v) is 7.63. The molecule has 2 aromatic carbocycles. The standard InChI is InChI=1S/C19H19N3O3S2/c1-12(21-22-19(23)14-8-9-27(24,25)11-14)13-6-7-18-16(10-13)20-15-4-2-3-5-17(15)26-18/h2-7,10,14,20H,8-9,11H2,1H3,(H,22,23)/b21-12-/t14-/m0/s1. The van der Waals surface area contributed by atoms with Crippen LogP contribution in [0.2, 0.25) is 0 Å². The zero-order chi connectivity index (χ0) is 19.0. The Labute approximate surface area is 162 Å². The zero-order valence-corrected chi connectivity index (χ0v) is 16.4. The van der Waals surface area contributed by atoms with Crippen molar-refractivity contribution in [3.63, 3.8) is 0 Å². The number of fused-ring (bicyclic) bond motifs is 2. The van der Waals surface area contributed by atoms with Gasteiger partial charge >= 0.3 is 0 Å². The van der Waals surface area contributed by atoms with Crippen molar-refractivity contribution in [3.05, 3.63) is 48.0 Å². The fraction of sp³-hybridized carbons (Fsp3) is 0.263. The van der Waals surface area contributed by atoms with Crippen molar-refractivity contribution in [2.45, 2.75) is 23.1 Å². The summed E-state index contributed by atoms with van der Waals surface area (Å²) in [5.41, 5.74) is 6.14. The van der Waals surface area contributed by atoms with Crippen LogP contribution in [0.4, 0.5) is 11.4 Å². The molecule has 1 atom stereocenters. The molecule has 0 aromatic heterocycles. The summed E-state index contributed by atoms with van der Waals surface area (Å²) < 4.78 is 23.0. The number of amides is 1. The number of rotatable bonds is 3. The summed E-state index contributed by atoms with van der Waals surface area (Å²) in [5, 5.41) is 7.59. The second kappa shape index (κ2) is 7.01. The van der Waals surface area contributed by atoms with Gasteiger partial charge in [0.05, 0.1) is 34.5 Å². The molecule has 2 heterocycles. The number of nitrogens with one attached hydrogen (secondary N) is 2. The van der Waals surface area contributed by atoms with E-state index in [4.69, 9.17) is 0 Å². The molecule has 0 radical (unpaired) electrons. The highest BCUT2D eigenvalue weighted by atomic mass is 32.2. The first kappa shape index (κ1) is 18.1. The summed E-state index contributed by atoms with van der Waals surface area (Å²) in [6, 6.07) is 14.1. The number of nitrogens with zero attached hydrogens (tertiary/aromatic N) is 1. The van der Waals surface area contributed by atoms with E-state index < -0.39 is 15.8 Å². The molecule has 2 N–H and O–H groups in total. The second-order valence-corrected chi connectivity index (χ2v) is 10.0. The number of anilines is 2. The molecule has 1 amide bonds. The summed E-state index contributed by atoms with van der Waals surface area (Å²) in [6.45, 7) is 1.82. The van der Waals surface area contributed by atoms with Crippen LogP contribution in [0.15, 0.2) is 57.4 Å². The van der Waals surface area contributed by atoms with Crippen molar-refractivity contribution >= 4 is 44.6 Å². The molecule has 27 heavy (non-hydrogen) atoms. The van der Waals surface area contributed by atoms with E-state index >= 15 is 0 Å². The van der Waals surface area contributed by atoms with Crippen LogP contribution >= 0.6 is 11.8 Å². The van der Waals surface area contributed by atoms with Crippen molar-refractivity contribution in [2.24, 2.45) is 11.0 Å². The number of benzene rings is 2. The Morgan fingerprint density at radius 3 is 2.74 bits per heavy atom. The minimum atomic E-state index is -3.09. The quantitative estimate of drug-likeness (QED) is 0.520. The Kier molecular flexibility index (Phi) is 4.69. The van der Waals surface area contributed by atoms with Gasteiger partial charge in [0.1, 0.15) is 0 Å². The van der Waals surface area contributed by atoms with Gasteiger partial charge in [0.25, 0.3) is 0 Å². The fourth-order valence-corrected chi connectivity index (χ4v) is 5.87. The Morgan fingerprint density at radius 2 is 1.96 bits per heavy atom. The first-order valence-electron chi connectivity index (χ1n) is 8.64. The van der Waals surface area contributed by atoms with Gasteiger partial charge in [-0.25, -0.2) is 13.8 Å². The van der Waals surface area contributed by atoms with Gasteiger partial charge in [-0.1, -0.05) is 30.0 Å². The van der Waals surface area contributed by atoms with E-state index in [2.05, 4.69) is 21.9 Å². The summed E-state index contributed by atoms with van der Waals surface area (Å²) in [4.78, 5) is 14.5. The summed E-state index contributed by atoms with van der Waals surface area (Å²) >= 11 is 1.71. The molecule has 8 heteroatoms. The second-order valence-electron chi connectivity index (χ2n) is 6.71. The lowest BCUT2D eigenvalue weighted by Gasteiger charge is -2.21. The van der Waals surface area contributed by atoms with Gasteiger partial charge in [-0.2, -0.15) is 5.10 Å². The zero-order valence-electron chi connectivity index (χ0n) is 14.7. The molecule has 2 aromatic rings. The van der Waals surface area contributed by atoms with E-state index in [-0.39, 0.29) is 17.4 Å². The van der Waals surface area contributed by atoms with Gasteiger partial charge in [-0.15, -0.1) is 0 Å². The highest BCUT2D eigenvalue weighted by molar-refractivity contribution is 7.99. The number of hydrogen-bond acceptors (Lipinski definition) is 6. The smallest absolute Gasteiger partial charge is 0.244 e. The Balaban J connectivity index is 1.48. The lowest BCUT2D eigenvalue weighted by atomic mass is 10.1. The molecule has 0 aliphatic carbocycles. The van der Waals surface area contributed by atoms with Crippen LogP contribution in [0, 0.1) is 5.92 Å². The molecule has 140 valence electrons. The first-order chi connectivity index (χ1) is 12.9. The maximum atomic E-state index is 12.1. The molecule has 0 spiro atoms. The Bertz CT molecular complexity index is 1050.